The molecule has 0 bridgehead atoms. The first-order chi connectivity index (χ1) is 13.8. The Bertz CT molecular complexity index is 1130. The van der Waals surface area contributed by atoms with Crippen LogP contribution in [0.3, 0.4) is 0 Å². The molecule has 0 saturated heterocycles. The molecule has 152 valence electrons. The first-order valence-electron chi connectivity index (χ1n) is 9.59. The molecule has 0 aliphatic carbocycles. The fraction of sp³-hybridized carbons (Fsp3) is 0.400. The summed E-state index contributed by atoms with van der Waals surface area (Å²) in [5, 5.41) is 10.7. The van der Waals surface area contributed by atoms with Gasteiger partial charge in [0, 0.05) is 12.1 Å². The van der Waals surface area contributed by atoms with Crippen molar-refractivity contribution in [3.8, 4) is 5.75 Å². The molecule has 1 amide bonds. The second-order valence-corrected chi connectivity index (χ2v) is 8.02. The molecule has 2 aromatic heterocycles. The Morgan fingerprint density at radius 1 is 1.24 bits per heavy atom. The number of amides is 1. The second-order valence-electron chi connectivity index (χ2n) is 8.02. The molecule has 3 heterocycles. The summed E-state index contributed by atoms with van der Waals surface area (Å²) in [7, 11) is 0. The van der Waals surface area contributed by atoms with Gasteiger partial charge >= 0.3 is 0 Å². The smallest absolute Gasteiger partial charge is 0.263 e. The molecular weight excluding hydrogens is 372 g/mol. The van der Waals surface area contributed by atoms with E-state index in [-0.39, 0.29) is 17.0 Å². The molecule has 0 spiro atoms. The lowest BCUT2D eigenvalue weighted by Gasteiger charge is -2.19. The monoisotopic (exact) mass is 396 g/mol. The maximum atomic E-state index is 12.3. The quantitative estimate of drug-likeness (QED) is 0.570. The van der Waals surface area contributed by atoms with E-state index in [0.717, 1.165) is 17.0 Å². The summed E-state index contributed by atoms with van der Waals surface area (Å²) < 4.78 is 7.53. The first-order valence-corrected chi connectivity index (χ1v) is 9.59. The highest BCUT2D eigenvalue weighted by Crippen LogP contribution is 2.26. The van der Waals surface area contributed by atoms with Crippen LogP contribution in [0, 0.1) is 0 Å². The Hall–Kier alpha value is -3.36. The van der Waals surface area contributed by atoms with Crippen molar-refractivity contribution in [2.24, 2.45) is 0 Å². The van der Waals surface area contributed by atoms with E-state index >= 15 is 0 Å². The van der Waals surface area contributed by atoms with E-state index in [4.69, 9.17) is 4.74 Å². The van der Waals surface area contributed by atoms with Gasteiger partial charge in [-0.1, -0.05) is 0 Å². The molecule has 29 heavy (non-hydrogen) atoms. The van der Waals surface area contributed by atoms with Crippen LogP contribution in [0.4, 0.5) is 11.6 Å². The van der Waals surface area contributed by atoms with Crippen LogP contribution in [-0.4, -0.2) is 38.8 Å². The third-order valence-corrected chi connectivity index (χ3v) is 4.71. The maximum Gasteiger partial charge on any atom is 0.263 e. The van der Waals surface area contributed by atoms with Crippen molar-refractivity contribution in [2.45, 2.75) is 39.2 Å². The number of nitrogens with one attached hydrogen (secondary N) is 3. The molecule has 3 aromatic rings. The standard InChI is InChI=1S/C20H24N6O3/c1-20(2,3)26-17-14(11-22-26)18(28)25-19(24-17)21-8-9-29-13-5-6-15-12(10-13)4-7-16(27)23-15/h5-6,10-11H,4,7-9H2,1-3H3,(H,23,27)(H2,21,24,25,28). The van der Waals surface area contributed by atoms with Crippen LogP contribution >= 0.6 is 0 Å². The van der Waals surface area contributed by atoms with Gasteiger partial charge in [-0.2, -0.15) is 10.1 Å². The van der Waals surface area contributed by atoms with Crippen LogP contribution in [-0.2, 0) is 16.8 Å². The molecule has 0 fully saturated rings. The molecule has 3 N–H and O–H groups in total. The normalized spacial score (nSPS) is 13.8. The number of fused-ring (bicyclic) bond motifs is 2. The van der Waals surface area contributed by atoms with Crippen molar-refractivity contribution < 1.29 is 9.53 Å². The summed E-state index contributed by atoms with van der Waals surface area (Å²) in [5.74, 6) is 1.16. The van der Waals surface area contributed by atoms with Crippen molar-refractivity contribution >= 4 is 28.6 Å². The number of benzene rings is 1. The molecular formula is C20H24N6O3. The highest BCUT2D eigenvalue weighted by Gasteiger charge is 2.20. The predicted molar refractivity (Wildman–Crippen MR) is 111 cm³/mol. The number of H-pyrrole nitrogens is 1. The molecule has 4 rings (SSSR count). The van der Waals surface area contributed by atoms with Gasteiger partial charge in [0.1, 0.15) is 17.7 Å². The predicted octanol–water partition coefficient (Wildman–Crippen LogP) is 2.25. The minimum atomic E-state index is -0.283. The van der Waals surface area contributed by atoms with Gasteiger partial charge in [-0.05, 0) is 51.0 Å². The highest BCUT2D eigenvalue weighted by atomic mass is 16.5. The number of rotatable bonds is 5. The average molecular weight is 396 g/mol. The van der Waals surface area contributed by atoms with Gasteiger partial charge in [-0.15, -0.1) is 0 Å². The zero-order chi connectivity index (χ0) is 20.6. The van der Waals surface area contributed by atoms with Gasteiger partial charge in [-0.3, -0.25) is 14.6 Å². The Morgan fingerprint density at radius 2 is 2.07 bits per heavy atom. The van der Waals surface area contributed by atoms with Crippen molar-refractivity contribution in [3.05, 3.63) is 40.3 Å². The third kappa shape index (κ3) is 3.94. The van der Waals surface area contributed by atoms with E-state index in [2.05, 4.69) is 25.7 Å². The lowest BCUT2D eigenvalue weighted by Crippen LogP contribution is -2.24. The summed E-state index contributed by atoms with van der Waals surface area (Å²) in [4.78, 5) is 31.0. The molecule has 9 heteroatoms. The van der Waals surface area contributed by atoms with Gasteiger partial charge in [0.2, 0.25) is 11.9 Å². The van der Waals surface area contributed by atoms with Gasteiger partial charge in [0.25, 0.3) is 5.56 Å². The molecule has 0 unspecified atom stereocenters. The van der Waals surface area contributed by atoms with Gasteiger partial charge in [-0.25, -0.2) is 4.68 Å². The lowest BCUT2D eigenvalue weighted by molar-refractivity contribution is -0.116. The minimum absolute atomic E-state index is 0.0432. The third-order valence-electron chi connectivity index (χ3n) is 4.71. The molecule has 1 aromatic carbocycles. The number of ether oxygens (including phenoxy) is 1. The summed E-state index contributed by atoms with van der Waals surface area (Å²) in [6.45, 7) is 6.88. The summed E-state index contributed by atoms with van der Waals surface area (Å²) in [6.07, 6.45) is 2.74. The fourth-order valence-corrected chi connectivity index (χ4v) is 3.28. The van der Waals surface area contributed by atoms with Crippen molar-refractivity contribution in [1.82, 2.24) is 19.7 Å². The van der Waals surface area contributed by atoms with Gasteiger partial charge < -0.3 is 15.4 Å². The Morgan fingerprint density at radius 3 is 2.86 bits per heavy atom. The largest absolute Gasteiger partial charge is 0.492 e. The van der Waals surface area contributed by atoms with Crippen LogP contribution in [0.25, 0.3) is 11.0 Å². The molecule has 0 radical (unpaired) electrons. The van der Waals surface area contributed by atoms with E-state index in [1.54, 1.807) is 4.68 Å². The van der Waals surface area contributed by atoms with Crippen LogP contribution in [0.2, 0.25) is 0 Å². The van der Waals surface area contributed by atoms with Crippen molar-refractivity contribution in [3.63, 3.8) is 0 Å². The zero-order valence-electron chi connectivity index (χ0n) is 16.7. The number of aryl methyl sites for hydroxylation is 1. The fourth-order valence-electron chi connectivity index (χ4n) is 3.28. The Labute approximate surface area is 167 Å². The van der Waals surface area contributed by atoms with E-state index in [0.29, 0.717) is 43.0 Å². The number of aromatic amines is 1. The Balaban J connectivity index is 1.40. The molecule has 1 aliphatic rings. The number of anilines is 2. The first kappa shape index (κ1) is 19.0. The van der Waals surface area contributed by atoms with E-state index < -0.39 is 0 Å². The summed E-state index contributed by atoms with van der Waals surface area (Å²) in [6, 6.07) is 5.64. The van der Waals surface area contributed by atoms with E-state index in [9.17, 15) is 9.59 Å². The van der Waals surface area contributed by atoms with Gasteiger partial charge in [0.15, 0.2) is 5.65 Å². The van der Waals surface area contributed by atoms with E-state index in [1.165, 1.54) is 6.20 Å². The number of carbonyl (C=O) groups is 1. The lowest BCUT2D eigenvalue weighted by atomic mass is 10.0. The summed E-state index contributed by atoms with van der Waals surface area (Å²) in [5.41, 5.74) is 1.95. The van der Waals surface area contributed by atoms with Crippen molar-refractivity contribution in [1.29, 1.82) is 0 Å². The summed E-state index contributed by atoms with van der Waals surface area (Å²) >= 11 is 0. The SMILES string of the molecule is CC(C)(C)n1ncc2c(=O)[nH]c(NCCOc3ccc4c(c3)CCC(=O)N4)nc21. The van der Waals surface area contributed by atoms with Crippen LogP contribution in [0.15, 0.2) is 29.2 Å². The number of aromatic nitrogens is 4. The molecule has 0 atom stereocenters. The number of hydrogen-bond donors (Lipinski definition) is 3. The number of nitrogens with zero attached hydrogens (tertiary/aromatic N) is 3. The number of hydrogen-bond acceptors (Lipinski definition) is 6. The second kappa shape index (κ2) is 7.23. The Kier molecular flexibility index (Phi) is 4.73. The van der Waals surface area contributed by atoms with Crippen LogP contribution in [0.5, 0.6) is 5.75 Å². The highest BCUT2D eigenvalue weighted by molar-refractivity contribution is 5.94. The average Bonchev–Trinajstić information content (AvgIpc) is 3.10. The van der Waals surface area contributed by atoms with Gasteiger partial charge in [0.05, 0.1) is 18.3 Å². The molecule has 1 aliphatic heterocycles. The van der Waals surface area contributed by atoms with Crippen molar-refractivity contribution in [2.75, 3.05) is 23.8 Å². The maximum absolute atomic E-state index is 12.3. The molecule has 0 saturated carbocycles. The zero-order valence-corrected chi connectivity index (χ0v) is 16.7. The van der Waals surface area contributed by atoms with Crippen LogP contribution < -0.4 is 20.9 Å². The molecule has 9 nitrogen and oxygen atoms in total. The van der Waals surface area contributed by atoms with Crippen LogP contribution in [0.1, 0.15) is 32.8 Å². The van der Waals surface area contributed by atoms with E-state index in [1.807, 2.05) is 39.0 Å². The number of carbonyl (C=O) groups excluding carboxylic acids is 1. The minimum Gasteiger partial charge on any atom is -0.492 e. The topological polar surface area (TPSA) is 114 Å².